The topological polar surface area (TPSA) is 20.3 Å². The summed E-state index contributed by atoms with van der Waals surface area (Å²) in [7, 11) is 0. The fourth-order valence-electron chi connectivity index (χ4n) is 3.66. The van der Waals surface area contributed by atoms with Crippen molar-refractivity contribution in [1.29, 1.82) is 0 Å². The normalized spacial score (nSPS) is 15.4. The quantitative estimate of drug-likeness (QED) is 0.0690. The summed E-state index contributed by atoms with van der Waals surface area (Å²) in [5.41, 5.74) is 0. The van der Waals surface area contributed by atoms with Crippen LogP contribution in [0.4, 0.5) is 87.8 Å². The highest BCUT2D eigenvalue weighted by molar-refractivity contribution is 6.22. The van der Waals surface area contributed by atoms with Crippen molar-refractivity contribution in [2.45, 2.75) is 124 Å². The minimum Gasteiger partial charge on any atom is -0.337 e. The molecule has 0 N–H and O–H groups in total. The standard InChI is InChI=1S/C23H26ClF20NO/c1-3-5-7-9-11-45(12-10-8-6-4-2)13(46)14(25,26)15(27,28)16(29,30)17(31,32)18(33,34)19(35,36)20(37,38)21(39,40)22(41,42)23(24,43)44/h3-12H2,1-2H3. The van der Waals surface area contributed by atoms with Gasteiger partial charge in [0.25, 0.3) is 5.91 Å². The van der Waals surface area contributed by atoms with Gasteiger partial charge in [0.05, 0.1) is 0 Å². The molecular formula is C23H26ClF20NO. The number of amides is 1. The summed E-state index contributed by atoms with van der Waals surface area (Å²) in [6.45, 7) is 1.32. The second kappa shape index (κ2) is 14.1. The van der Waals surface area contributed by atoms with Gasteiger partial charge in [-0.3, -0.25) is 4.79 Å². The van der Waals surface area contributed by atoms with Gasteiger partial charge in [-0.05, 0) is 24.4 Å². The number of carbonyl (C=O) groups is 1. The first-order valence-electron chi connectivity index (χ1n) is 12.9. The Morgan fingerprint density at radius 1 is 0.435 bits per heavy atom. The van der Waals surface area contributed by atoms with Gasteiger partial charge in [0.1, 0.15) is 0 Å². The highest BCUT2D eigenvalue weighted by Crippen LogP contribution is 2.66. The summed E-state index contributed by atoms with van der Waals surface area (Å²) in [5.74, 6) is -80.7. The third kappa shape index (κ3) is 7.05. The predicted molar refractivity (Wildman–Crippen MR) is 120 cm³/mol. The van der Waals surface area contributed by atoms with E-state index in [1.54, 1.807) is 13.8 Å². The molecule has 0 aliphatic rings. The number of halogens is 21. The van der Waals surface area contributed by atoms with Gasteiger partial charge >= 0.3 is 58.7 Å². The molecule has 1 amide bonds. The number of unbranched alkanes of at least 4 members (excludes halogenated alkanes) is 6. The fraction of sp³-hybridized carbons (Fsp3) is 0.957. The Hall–Kier alpha value is -1.64. The molecule has 0 aromatic carbocycles. The molecular weight excluding hydrogens is 722 g/mol. The monoisotopic (exact) mass is 747 g/mol. The van der Waals surface area contributed by atoms with Crippen molar-refractivity contribution in [2.24, 2.45) is 0 Å². The zero-order chi connectivity index (χ0) is 37.2. The first-order chi connectivity index (χ1) is 20.2. The van der Waals surface area contributed by atoms with Crippen LogP contribution in [0.1, 0.15) is 65.2 Å². The zero-order valence-electron chi connectivity index (χ0n) is 23.4. The van der Waals surface area contributed by atoms with Crippen LogP contribution < -0.4 is 0 Å². The molecule has 0 saturated heterocycles. The maximum atomic E-state index is 14.6. The van der Waals surface area contributed by atoms with Gasteiger partial charge in [0.15, 0.2) is 0 Å². The van der Waals surface area contributed by atoms with E-state index >= 15 is 0 Å². The lowest BCUT2D eigenvalue weighted by Gasteiger charge is -2.44. The highest BCUT2D eigenvalue weighted by atomic mass is 35.5. The van der Waals surface area contributed by atoms with E-state index in [1.807, 2.05) is 0 Å². The molecule has 0 rings (SSSR count). The molecule has 0 fully saturated rings. The Morgan fingerprint density at radius 3 is 0.957 bits per heavy atom. The average Bonchev–Trinajstić information content (AvgIpc) is 2.90. The molecule has 2 nitrogen and oxygen atoms in total. The number of nitrogens with zero attached hydrogens (tertiary/aromatic N) is 1. The lowest BCUT2D eigenvalue weighted by Crippen LogP contribution is -2.77. The number of hydrogen-bond donors (Lipinski definition) is 0. The van der Waals surface area contributed by atoms with Crippen molar-refractivity contribution in [3.05, 3.63) is 0 Å². The number of rotatable bonds is 20. The lowest BCUT2D eigenvalue weighted by atomic mass is 9.86. The third-order valence-corrected chi connectivity index (χ3v) is 6.87. The molecule has 0 heterocycles. The minimum atomic E-state index is -9.16. The molecule has 0 saturated carbocycles. The summed E-state index contributed by atoms with van der Waals surface area (Å²) in [6, 6.07) is 0. The molecule has 0 spiro atoms. The van der Waals surface area contributed by atoms with Gasteiger partial charge in [-0.15, -0.1) is 0 Å². The minimum absolute atomic E-state index is 0.0836. The van der Waals surface area contributed by atoms with Gasteiger partial charge in [-0.2, -0.15) is 87.8 Å². The molecule has 0 aliphatic carbocycles. The van der Waals surface area contributed by atoms with Gasteiger partial charge in [0, 0.05) is 13.1 Å². The molecule has 276 valence electrons. The summed E-state index contributed by atoms with van der Waals surface area (Å²) >= 11 is 3.39. The first kappa shape index (κ1) is 44.4. The summed E-state index contributed by atoms with van der Waals surface area (Å²) in [6.07, 6.45) is 1.13. The highest BCUT2D eigenvalue weighted by Gasteiger charge is 2.98. The van der Waals surface area contributed by atoms with E-state index < -0.39 is 77.7 Å². The van der Waals surface area contributed by atoms with Crippen LogP contribution in [-0.4, -0.2) is 82.6 Å². The van der Waals surface area contributed by atoms with Gasteiger partial charge < -0.3 is 4.90 Å². The molecule has 0 atom stereocenters. The van der Waals surface area contributed by atoms with E-state index in [0.717, 1.165) is 0 Å². The largest absolute Gasteiger partial charge is 0.393 e. The van der Waals surface area contributed by atoms with Crippen LogP contribution >= 0.6 is 11.6 Å². The van der Waals surface area contributed by atoms with Crippen LogP contribution in [0.2, 0.25) is 0 Å². The Bertz CT molecular complexity index is 998. The van der Waals surface area contributed by atoms with Gasteiger partial charge in [0.2, 0.25) is 0 Å². The molecule has 0 aliphatic heterocycles. The Kier molecular flexibility index (Phi) is 13.6. The average molecular weight is 748 g/mol. The molecule has 46 heavy (non-hydrogen) atoms. The molecule has 0 aromatic rings. The van der Waals surface area contributed by atoms with Gasteiger partial charge in [-0.1, -0.05) is 52.4 Å². The smallest absolute Gasteiger partial charge is 0.337 e. The van der Waals surface area contributed by atoms with E-state index in [-0.39, 0.29) is 30.6 Å². The maximum Gasteiger partial charge on any atom is 0.393 e. The Morgan fingerprint density at radius 2 is 0.696 bits per heavy atom. The van der Waals surface area contributed by atoms with Crippen LogP contribution in [-0.2, 0) is 4.79 Å². The van der Waals surface area contributed by atoms with E-state index in [0.29, 0.717) is 25.7 Å². The van der Waals surface area contributed by atoms with Crippen LogP contribution in [0.5, 0.6) is 0 Å². The molecule has 0 aromatic heterocycles. The summed E-state index contributed by atoms with van der Waals surface area (Å²) in [5, 5.41) is -7.06. The molecule has 0 radical (unpaired) electrons. The number of carbonyl (C=O) groups excluding carboxylic acids is 1. The van der Waals surface area contributed by atoms with Crippen molar-refractivity contribution in [3.63, 3.8) is 0 Å². The van der Waals surface area contributed by atoms with E-state index in [1.165, 1.54) is 0 Å². The zero-order valence-corrected chi connectivity index (χ0v) is 24.1. The van der Waals surface area contributed by atoms with Crippen LogP contribution in [0.25, 0.3) is 0 Å². The van der Waals surface area contributed by atoms with Crippen molar-refractivity contribution in [1.82, 2.24) is 4.90 Å². The van der Waals surface area contributed by atoms with Crippen LogP contribution in [0.3, 0.4) is 0 Å². The fourth-order valence-corrected chi connectivity index (χ4v) is 3.78. The van der Waals surface area contributed by atoms with Crippen molar-refractivity contribution in [3.8, 4) is 0 Å². The summed E-state index contributed by atoms with van der Waals surface area (Å²) in [4.78, 5) is 12.0. The SMILES string of the molecule is CCCCCCN(CCCCCC)C(=O)C(F)(F)C(F)(F)C(F)(F)C(F)(F)C(F)(F)C(F)(F)C(F)(F)C(F)(F)C(F)(F)C(F)(F)Cl. The second-order valence-electron chi connectivity index (χ2n) is 10.1. The van der Waals surface area contributed by atoms with Crippen molar-refractivity contribution >= 4 is 17.5 Å². The van der Waals surface area contributed by atoms with E-state index in [4.69, 9.17) is 0 Å². The third-order valence-electron chi connectivity index (χ3n) is 6.63. The molecule has 23 heteroatoms. The van der Waals surface area contributed by atoms with E-state index in [9.17, 15) is 92.6 Å². The predicted octanol–water partition coefficient (Wildman–Crippen LogP) is 10.5. The van der Waals surface area contributed by atoms with E-state index in [2.05, 4.69) is 11.6 Å². The van der Waals surface area contributed by atoms with Crippen LogP contribution in [0.15, 0.2) is 0 Å². The Labute approximate surface area is 252 Å². The number of hydrogen-bond acceptors (Lipinski definition) is 1. The Balaban J connectivity index is 6.95. The maximum absolute atomic E-state index is 14.6. The van der Waals surface area contributed by atoms with Gasteiger partial charge in [-0.25, -0.2) is 0 Å². The lowest BCUT2D eigenvalue weighted by molar-refractivity contribution is -0.464. The first-order valence-corrected chi connectivity index (χ1v) is 13.3. The second-order valence-corrected chi connectivity index (χ2v) is 10.6. The van der Waals surface area contributed by atoms with Crippen molar-refractivity contribution in [2.75, 3.05) is 13.1 Å². The molecule has 0 bridgehead atoms. The van der Waals surface area contributed by atoms with Crippen molar-refractivity contribution < 1.29 is 92.6 Å². The summed E-state index contributed by atoms with van der Waals surface area (Å²) < 4.78 is 276. The van der Waals surface area contributed by atoms with Crippen LogP contribution in [0, 0.1) is 0 Å². The number of alkyl halides is 21. The molecule has 0 unspecified atom stereocenters.